The van der Waals surface area contributed by atoms with Gasteiger partial charge in [0.1, 0.15) is 0 Å². The van der Waals surface area contributed by atoms with Gasteiger partial charge in [0, 0.05) is 77.6 Å². The zero-order valence-electron chi connectivity index (χ0n) is 23.6. The van der Waals surface area contributed by atoms with Crippen LogP contribution < -0.4 is 20.3 Å². The largest absolute Gasteiger partial charge is 0.448 e. The molecular formula is C30H38ClN3O5S. The second kappa shape index (κ2) is 10.9. The standard InChI is InChI=1S/C30H38ClN3O5S/c1-16-9-25(40-4)23(29(36)33-16)11-32-28(35)22-10-24(31)27-26(17(22)2)38-30(3,39-27)20-5-7-21(8-6-20)34-12-18-14-37-15-19(18)13-34/h9-10,18-21H,5-8,11-15H2,1-4H3,(H,32,35)(H,33,36)/t18?,19?,20?,21?,30-/m1/s1. The minimum Gasteiger partial charge on any atom is -0.448 e. The van der Waals surface area contributed by atoms with E-state index >= 15 is 0 Å². The van der Waals surface area contributed by atoms with Gasteiger partial charge in [-0.15, -0.1) is 11.8 Å². The number of nitrogens with one attached hydrogen (secondary N) is 2. The normalized spacial score (nSPS) is 29.5. The molecule has 3 atom stereocenters. The van der Waals surface area contributed by atoms with Crippen LogP contribution in [0, 0.1) is 31.6 Å². The van der Waals surface area contributed by atoms with Crippen molar-refractivity contribution in [1.29, 1.82) is 0 Å². The third kappa shape index (κ3) is 5.03. The number of hydrogen-bond donors (Lipinski definition) is 2. The van der Waals surface area contributed by atoms with Crippen LogP contribution in [0.3, 0.4) is 0 Å². The maximum atomic E-state index is 13.3. The van der Waals surface area contributed by atoms with Crippen LogP contribution in [0.2, 0.25) is 5.02 Å². The number of benzene rings is 1. The zero-order chi connectivity index (χ0) is 28.2. The summed E-state index contributed by atoms with van der Waals surface area (Å²) in [7, 11) is 0. The minimum absolute atomic E-state index is 0.114. The van der Waals surface area contributed by atoms with Gasteiger partial charge in [-0.05, 0) is 57.9 Å². The Balaban J connectivity index is 1.12. The molecular weight excluding hydrogens is 550 g/mol. The lowest BCUT2D eigenvalue weighted by Crippen LogP contribution is -2.47. The summed E-state index contributed by atoms with van der Waals surface area (Å²) in [5.74, 6) is 1.54. The van der Waals surface area contributed by atoms with E-state index in [0.717, 1.165) is 62.6 Å². The summed E-state index contributed by atoms with van der Waals surface area (Å²) >= 11 is 8.14. The number of amides is 1. The van der Waals surface area contributed by atoms with Crippen molar-refractivity contribution >= 4 is 29.3 Å². The first-order valence-electron chi connectivity index (χ1n) is 14.2. The minimum atomic E-state index is -0.825. The summed E-state index contributed by atoms with van der Waals surface area (Å²) in [6.45, 7) is 9.96. The fraction of sp³-hybridized carbons (Fsp3) is 0.600. The molecule has 1 saturated carbocycles. The predicted molar refractivity (Wildman–Crippen MR) is 156 cm³/mol. The van der Waals surface area contributed by atoms with E-state index in [1.807, 2.05) is 33.1 Å². The number of hydrogen-bond acceptors (Lipinski definition) is 7. The molecule has 2 saturated heterocycles. The smallest absolute Gasteiger partial charge is 0.254 e. The van der Waals surface area contributed by atoms with E-state index in [-0.39, 0.29) is 23.9 Å². The van der Waals surface area contributed by atoms with Crippen LogP contribution >= 0.6 is 23.4 Å². The molecule has 40 heavy (non-hydrogen) atoms. The molecule has 4 heterocycles. The van der Waals surface area contributed by atoms with Crippen molar-refractivity contribution in [3.8, 4) is 11.5 Å². The van der Waals surface area contributed by atoms with Crippen LogP contribution in [0.15, 0.2) is 21.8 Å². The predicted octanol–water partition coefficient (Wildman–Crippen LogP) is 4.92. The molecule has 2 N–H and O–H groups in total. The third-order valence-corrected chi connectivity index (χ3v) is 10.5. The average molecular weight is 588 g/mol. The first-order chi connectivity index (χ1) is 19.2. The number of carbonyl (C=O) groups is 1. The number of aromatic nitrogens is 1. The Kier molecular flexibility index (Phi) is 7.61. The van der Waals surface area contributed by atoms with Crippen LogP contribution in [-0.2, 0) is 11.3 Å². The molecule has 10 heteroatoms. The number of ether oxygens (including phenoxy) is 3. The number of likely N-dealkylation sites (tertiary alicyclic amines) is 1. The molecule has 0 spiro atoms. The van der Waals surface area contributed by atoms with E-state index in [1.165, 1.54) is 11.8 Å². The molecule has 1 aromatic carbocycles. The number of H-pyrrole nitrogens is 1. The molecule has 4 aliphatic rings. The summed E-state index contributed by atoms with van der Waals surface area (Å²) in [5.41, 5.74) is 2.22. The van der Waals surface area contributed by atoms with E-state index in [1.54, 1.807) is 6.07 Å². The van der Waals surface area contributed by atoms with Gasteiger partial charge in [0.2, 0.25) is 0 Å². The quantitative estimate of drug-likeness (QED) is 0.463. The second-order valence-corrected chi connectivity index (χ2v) is 13.2. The Labute approximate surface area is 244 Å². The number of fused-ring (bicyclic) bond motifs is 2. The van der Waals surface area contributed by atoms with Gasteiger partial charge in [0.15, 0.2) is 11.5 Å². The number of thioether (sulfide) groups is 1. The monoisotopic (exact) mass is 587 g/mol. The number of aryl methyl sites for hydroxylation is 1. The summed E-state index contributed by atoms with van der Waals surface area (Å²) < 4.78 is 18.6. The topological polar surface area (TPSA) is 92.9 Å². The molecule has 3 aliphatic heterocycles. The van der Waals surface area contributed by atoms with E-state index in [9.17, 15) is 9.59 Å². The highest BCUT2D eigenvalue weighted by Crippen LogP contribution is 2.52. The summed E-state index contributed by atoms with van der Waals surface area (Å²) in [5, 5.41) is 3.25. The van der Waals surface area contributed by atoms with Gasteiger partial charge >= 0.3 is 0 Å². The first kappa shape index (κ1) is 27.9. The highest BCUT2D eigenvalue weighted by Gasteiger charge is 2.49. The van der Waals surface area contributed by atoms with Gasteiger partial charge in [-0.25, -0.2) is 0 Å². The number of nitrogens with zero attached hydrogens (tertiary/aromatic N) is 1. The Bertz CT molecular complexity index is 1360. The summed E-state index contributed by atoms with van der Waals surface area (Å²) in [6, 6.07) is 4.16. The van der Waals surface area contributed by atoms with E-state index in [4.69, 9.17) is 25.8 Å². The number of halogens is 1. The van der Waals surface area contributed by atoms with Crippen LogP contribution in [0.25, 0.3) is 0 Å². The SMILES string of the molecule is CSc1cc(C)[nH]c(=O)c1CNC(=O)c1cc(Cl)c2c(c1C)O[C@@](C)(C1CCC(N3CC4COCC4C3)CC1)O2. The van der Waals surface area contributed by atoms with Crippen molar-refractivity contribution < 1.29 is 19.0 Å². The van der Waals surface area contributed by atoms with Crippen molar-refractivity contribution in [1.82, 2.24) is 15.2 Å². The van der Waals surface area contributed by atoms with Crippen LogP contribution in [-0.4, -0.2) is 60.2 Å². The fourth-order valence-electron chi connectivity index (χ4n) is 7.03. The number of pyridine rings is 1. The molecule has 1 amide bonds. The lowest BCUT2D eigenvalue weighted by Gasteiger charge is -2.40. The van der Waals surface area contributed by atoms with Gasteiger partial charge in [0.25, 0.3) is 17.3 Å². The highest BCUT2D eigenvalue weighted by molar-refractivity contribution is 7.98. The molecule has 3 fully saturated rings. The zero-order valence-corrected chi connectivity index (χ0v) is 25.2. The summed E-state index contributed by atoms with van der Waals surface area (Å²) in [4.78, 5) is 32.1. The van der Waals surface area contributed by atoms with Gasteiger partial charge in [-0.1, -0.05) is 11.6 Å². The maximum absolute atomic E-state index is 13.3. The molecule has 1 aromatic heterocycles. The highest BCUT2D eigenvalue weighted by atomic mass is 35.5. The molecule has 216 valence electrons. The van der Waals surface area contributed by atoms with Crippen molar-refractivity contribution in [2.45, 2.75) is 69.7 Å². The molecule has 0 bridgehead atoms. The van der Waals surface area contributed by atoms with E-state index < -0.39 is 5.79 Å². The Hall–Kier alpha value is -2.20. The lowest BCUT2D eigenvalue weighted by atomic mass is 9.81. The van der Waals surface area contributed by atoms with Crippen molar-refractivity contribution in [3.63, 3.8) is 0 Å². The fourth-order valence-corrected chi connectivity index (χ4v) is 7.97. The first-order valence-corrected chi connectivity index (χ1v) is 15.8. The lowest BCUT2D eigenvalue weighted by molar-refractivity contribution is -0.124. The second-order valence-electron chi connectivity index (χ2n) is 11.9. The molecule has 1 aliphatic carbocycles. The van der Waals surface area contributed by atoms with Crippen LogP contribution in [0.4, 0.5) is 0 Å². The van der Waals surface area contributed by atoms with Crippen molar-refractivity contribution in [2.75, 3.05) is 32.6 Å². The van der Waals surface area contributed by atoms with Crippen molar-refractivity contribution in [2.24, 2.45) is 17.8 Å². The summed E-state index contributed by atoms with van der Waals surface area (Å²) in [6.07, 6.45) is 6.20. The van der Waals surface area contributed by atoms with E-state index in [0.29, 0.717) is 51.1 Å². The average Bonchev–Trinajstić information content (AvgIpc) is 3.64. The molecule has 6 rings (SSSR count). The van der Waals surface area contributed by atoms with Gasteiger partial charge < -0.3 is 24.5 Å². The van der Waals surface area contributed by atoms with Crippen LogP contribution in [0.5, 0.6) is 11.5 Å². The van der Waals surface area contributed by atoms with Gasteiger partial charge in [0.05, 0.1) is 18.2 Å². The Morgan fingerprint density at radius 1 is 1.12 bits per heavy atom. The molecule has 2 aromatic rings. The Morgan fingerprint density at radius 3 is 2.48 bits per heavy atom. The molecule has 0 radical (unpaired) electrons. The Morgan fingerprint density at radius 2 is 1.80 bits per heavy atom. The molecule has 8 nitrogen and oxygen atoms in total. The van der Waals surface area contributed by atoms with Crippen LogP contribution in [0.1, 0.15) is 59.8 Å². The van der Waals surface area contributed by atoms with Crippen molar-refractivity contribution in [3.05, 3.63) is 49.9 Å². The van der Waals surface area contributed by atoms with E-state index in [2.05, 4.69) is 15.2 Å². The number of rotatable bonds is 6. The third-order valence-electron chi connectivity index (χ3n) is 9.39. The van der Waals surface area contributed by atoms with Gasteiger partial charge in [-0.2, -0.15) is 0 Å². The molecule has 2 unspecified atom stereocenters. The number of carbonyl (C=O) groups excluding carboxylic acids is 1. The van der Waals surface area contributed by atoms with Gasteiger partial charge in [-0.3, -0.25) is 14.5 Å². The maximum Gasteiger partial charge on any atom is 0.254 e. The number of aromatic amines is 1.